The highest BCUT2D eigenvalue weighted by Crippen LogP contribution is 2.26. The number of hydrogen-bond acceptors (Lipinski definition) is 4. The summed E-state index contributed by atoms with van der Waals surface area (Å²) in [5, 5.41) is 2.00. The van der Waals surface area contributed by atoms with Crippen molar-refractivity contribution in [2.24, 2.45) is 5.84 Å². The maximum atomic E-state index is 13.1. The monoisotopic (exact) mass is 349 g/mol. The molecule has 0 aliphatic heterocycles. The van der Waals surface area contributed by atoms with Gasteiger partial charge in [-0.15, -0.1) is 11.3 Å². The molecule has 1 atom stereocenters. The molecule has 2 aromatic heterocycles. The first-order chi connectivity index (χ1) is 7.70. The molecule has 3 nitrogen and oxygen atoms in total. The Labute approximate surface area is 110 Å². The predicted molar refractivity (Wildman–Crippen MR) is 70.4 cm³/mol. The Hall–Kier alpha value is -0.570. The van der Waals surface area contributed by atoms with Gasteiger partial charge in [0.1, 0.15) is 5.82 Å². The number of halogens is 2. The van der Waals surface area contributed by atoms with Crippen LogP contribution in [-0.4, -0.2) is 4.98 Å². The topological polar surface area (TPSA) is 50.9 Å². The van der Waals surface area contributed by atoms with Crippen LogP contribution in [0.4, 0.5) is 4.39 Å². The van der Waals surface area contributed by atoms with Gasteiger partial charge < -0.3 is 0 Å². The molecule has 84 valence electrons. The summed E-state index contributed by atoms with van der Waals surface area (Å²) in [6.07, 6.45) is 2.78. The summed E-state index contributed by atoms with van der Waals surface area (Å²) in [6.45, 7) is 0. The first kappa shape index (κ1) is 11.9. The van der Waals surface area contributed by atoms with Crippen molar-refractivity contribution < 1.29 is 4.39 Å². The number of hydrazine groups is 1. The minimum atomic E-state index is -0.359. The van der Waals surface area contributed by atoms with Crippen molar-refractivity contribution in [3.63, 3.8) is 0 Å². The summed E-state index contributed by atoms with van der Waals surface area (Å²) in [4.78, 5) is 3.82. The maximum absolute atomic E-state index is 13.1. The van der Waals surface area contributed by atoms with E-state index in [9.17, 15) is 4.39 Å². The lowest BCUT2D eigenvalue weighted by molar-refractivity contribution is 0.598. The highest BCUT2D eigenvalue weighted by Gasteiger charge is 2.14. The van der Waals surface area contributed by atoms with Crippen molar-refractivity contribution in [2.75, 3.05) is 0 Å². The van der Waals surface area contributed by atoms with E-state index in [0.717, 1.165) is 14.0 Å². The fourth-order valence-electron chi connectivity index (χ4n) is 1.45. The largest absolute Gasteiger partial charge is 0.271 e. The minimum Gasteiger partial charge on any atom is -0.271 e. The SMILES string of the molecule is NNC(c1cncc(F)c1)c1csc(I)c1. The van der Waals surface area contributed by atoms with Gasteiger partial charge in [0.2, 0.25) is 0 Å². The van der Waals surface area contributed by atoms with Crippen LogP contribution >= 0.6 is 33.9 Å². The minimum absolute atomic E-state index is 0.219. The van der Waals surface area contributed by atoms with Gasteiger partial charge in [0.25, 0.3) is 0 Å². The molecule has 0 spiro atoms. The quantitative estimate of drug-likeness (QED) is 0.509. The fraction of sp³-hybridized carbons (Fsp3) is 0.100. The third-order valence-electron chi connectivity index (χ3n) is 2.15. The molecule has 2 heterocycles. The van der Waals surface area contributed by atoms with Crippen LogP contribution in [0.1, 0.15) is 17.2 Å². The molecule has 0 aliphatic rings. The number of hydrogen-bond donors (Lipinski definition) is 2. The Morgan fingerprint density at radius 2 is 2.19 bits per heavy atom. The summed E-state index contributed by atoms with van der Waals surface area (Å²) in [7, 11) is 0. The van der Waals surface area contributed by atoms with E-state index < -0.39 is 0 Å². The van der Waals surface area contributed by atoms with E-state index in [-0.39, 0.29) is 11.9 Å². The highest BCUT2D eigenvalue weighted by atomic mass is 127. The zero-order valence-corrected chi connectivity index (χ0v) is 11.1. The molecular weight excluding hydrogens is 340 g/mol. The van der Waals surface area contributed by atoms with Crippen LogP contribution in [0.3, 0.4) is 0 Å². The summed E-state index contributed by atoms with van der Waals surface area (Å²) in [6, 6.07) is 3.23. The van der Waals surface area contributed by atoms with Crippen LogP contribution in [0.5, 0.6) is 0 Å². The highest BCUT2D eigenvalue weighted by molar-refractivity contribution is 14.1. The zero-order valence-electron chi connectivity index (χ0n) is 8.15. The molecule has 0 radical (unpaired) electrons. The van der Waals surface area contributed by atoms with Gasteiger partial charge in [-0.05, 0) is 51.2 Å². The summed E-state index contributed by atoms with van der Waals surface area (Å²) < 4.78 is 14.2. The molecule has 2 rings (SSSR count). The number of aromatic nitrogens is 1. The van der Waals surface area contributed by atoms with Crippen LogP contribution in [0.25, 0.3) is 0 Å². The Kier molecular flexibility index (Phi) is 3.85. The fourth-order valence-corrected chi connectivity index (χ4v) is 2.84. The van der Waals surface area contributed by atoms with Crippen LogP contribution in [-0.2, 0) is 0 Å². The normalized spacial score (nSPS) is 12.7. The number of thiophene rings is 1. The van der Waals surface area contributed by atoms with E-state index in [2.05, 4.69) is 33.0 Å². The van der Waals surface area contributed by atoms with Gasteiger partial charge in [-0.1, -0.05) is 0 Å². The molecule has 16 heavy (non-hydrogen) atoms. The molecule has 2 aromatic rings. The van der Waals surface area contributed by atoms with E-state index in [1.165, 1.54) is 12.3 Å². The van der Waals surface area contributed by atoms with Crippen molar-refractivity contribution in [2.45, 2.75) is 6.04 Å². The van der Waals surface area contributed by atoms with Crippen LogP contribution < -0.4 is 11.3 Å². The van der Waals surface area contributed by atoms with E-state index in [1.807, 2.05) is 11.4 Å². The van der Waals surface area contributed by atoms with E-state index in [1.54, 1.807) is 17.5 Å². The Bertz CT molecular complexity index is 488. The molecule has 6 heteroatoms. The second-order valence-electron chi connectivity index (χ2n) is 3.22. The molecule has 3 N–H and O–H groups in total. The number of pyridine rings is 1. The molecule has 1 unspecified atom stereocenters. The Morgan fingerprint density at radius 1 is 1.38 bits per heavy atom. The van der Waals surface area contributed by atoms with Gasteiger partial charge in [0.15, 0.2) is 0 Å². The van der Waals surface area contributed by atoms with Crippen molar-refractivity contribution in [1.29, 1.82) is 0 Å². The third-order valence-corrected chi connectivity index (χ3v) is 3.95. The van der Waals surface area contributed by atoms with Crippen LogP contribution in [0, 0.1) is 8.70 Å². The average Bonchev–Trinajstić information content (AvgIpc) is 2.66. The van der Waals surface area contributed by atoms with E-state index in [0.29, 0.717) is 0 Å². The van der Waals surface area contributed by atoms with Crippen molar-refractivity contribution in [3.8, 4) is 0 Å². The first-order valence-corrected chi connectivity index (χ1v) is 6.47. The van der Waals surface area contributed by atoms with Crippen molar-refractivity contribution in [3.05, 3.63) is 49.7 Å². The molecular formula is C10H9FIN3S. The van der Waals surface area contributed by atoms with Crippen LogP contribution in [0.15, 0.2) is 29.9 Å². The van der Waals surface area contributed by atoms with Gasteiger partial charge in [-0.25, -0.2) is 9.82 Å². The Morgan fingerprint density at radius 3 is 2.75 bits per heavy atom. The Balaban J connectivity index is 2.36. The van der Waals surface area contributed by atoms with Gasteiger partial charge in [-0.3, -0.25) is 10.8 Å². The van der Waals surface area contributed by atoms with Crippen molar-refractivity contribution >= 4 is 33.9 Å². The van der Waals surface area contributed by atoms with Crippen LogP contribution in [0.2, 0.25) is 0 Å². The third kappa shape index (κ3) is 2.57. The second kappa shape index (κ2) is 5.17. The van der Waals surface area contributed by atoms with Gasteiger partial charge >= 0.3 is 0 Å². The van der Waals surface area contributed by atoms with Gasteiger partial charge in [0.05, 0.1) is 15.1 Å². The smallest absolute Gasteiger partial charge is 0.141 e. The number of nitrogens with two attached hydrogens (primary N) is 1. The zero-order chi connectivity index (χ0) is 11.5. The van der Waals surface area contributed by atoms with Gasteiger partial charge in [-0.2, -0.15) is 0 Å². The second-order valence-corrected chi connectivity index (χ2v) is 6.03. The molecule has 0 saturated carbocycles. The molecule has 0 aliphatic carbocycles. The predicted octanol–water partition coefficient (Wildman–Crippen LogP) is 2.44. The standard InChI is InChI=1S/C10H9FIN3S/c11-8-1-6(3-14-4-8)10(15-13)7-2-9(12)16-5-7/h1-5,10,15H,13H2. The first-order valence-electron chi connectivity index (χ1n) is 4.51. The van der Waals surface area contributed by atoms with E-state index >= 15 is 0 Å². The van der Waals surface area contributed by atoms with Gasteiger partial charge in [0, 0.05) is 6.20 Å². The summed E-state index contributed by atoms with van der Waals surface area (Å²) in [5.41, 5.74) is 4.41. The molecule has 0 bridgehead atoms. The number of nitrogens with zero attached hydrogens (tertiary/aromatic N) is 1. The molecule has 0 saturated heterocycles. The van der Waals surface area contributed by atoms with Crippen molar-refractivity contribution in [1.82, 2.24) is 10.4 Å². The lowest BCUT2D eigenvalue weighted by Crippen LogP contribution is -2.28. The molecule has 0 fully saturated rings. The van der Waals surface area contributed by atoms with E-state index in [4.69, 9.17) is 5.84 Å². The summed E-state index contributed by atoms with van der Waals surface area (Å²) in [5.74, 6) is 5.14. The molecule has 0 aromatic carbocycles. The maximum Gasteiger partial charge on any atom is 0.141 e. The average molecular weight is 349 g/mol. The number of rotatable bonds is 3. The lowest BCUT2D eigenvalue weighted by atomic mass is 10.0. The number of nitrogens with one attached hydrogen (secondary N) is 1. The summed E-state index contributed by atoms with van der Waals surface area (Å²) >= 11 is 3.86. The molecule has 0 amide bonds. The lowest BCUT2D eigenvalue weighted by Gasteiger charge is -2.14.